The summed E-state index contributed by atoms with van der Waals surface area (Å²) in [6.45, 7) is 2.33. The fourth-order valence-corrected chi connectivity index (χ4v) is 6.22. The van der Waals surface area contributed by atoms with Crippen LogP contribution in [0, 0.1) is 0 Å². The number of hydrogen-bond acceptors (Lipinski definition) is 8. The fraction of sp³-hybridized carbons (Fsp3) is 0.273. The zero-order valence-electron chi connectivity index (χ0n) is 25.3. The van der Waals surface area contributed by atoms with Gasteiger partial charge in [0.05, 0.1) is 43.4 Å². The van der Waals surface area contributed by atoms with Crippen molar-refractivity contribution in [2.45, 2.75) is 38.3 Å². The molecule has 1 unspecified atom stereocenters. The lowest BCUT2D eigenvalue weighted by atomic mass is 9.97. The Balaban J connectivity index is 1.33. The standard InChI is InChI=1S/C33H37N9O4/c34-32(45)6-3-25-20-41(40-7-1-2-8-40)9-10-42(25)30-15-26(43)4-5-28(30)24-11-22(12-27(44)14-24)19-39-21-36-29(31(39)16-33(35)46)13-23-17-37-38-18-23/h1-2,4-5,7-8,11-12,14-15,17-18,21,25,43-44H,3,6,9-10,13,16,19-20H2,(H2,34,45)(H2,35,46)(H,37,38). The molecule has 0 bridgehead atoms. The van der Waals surface area contributed by atoms with Crippen LogP contribution < -0.4 is 21.4 Å². The number of aromatic hydroxyl groups is 2. The number of nitrogens with two attached hydrogens (primary N) is 2. The summed E-state index contributed by atoms with van der Waals surface area (Å²) in [6, 6.07) is 14.4. The van der Waals surface area contributed by atoms with Gasteiger partial charge in [0.1, 0.15) is 11.5 Å². The van der Waals surface area contributed by atoms with Crippen LogP contribution in [0.5, 0.6) is 11.5 Å². The molecular weight excluding hydrogens is 586 g/mol. The van der Waals surface area contributed by atoms with Crippen LogP contribution in [0.15, 0.2) is 79.6 Å². The largest absolute Gasteiger partial charge is 0.508 e. The van der Waals surface area contributed by atoms with Crippen molar-refractivity contribution in [2.75, 3.05) is 29.5 Å². The first-order chi connectivity index (χ1) is 22.2. The van der Waals surface area contributed by atoms with E-state index in [9.17, 15) is 19.8 Å². The molecule has 6 rings (SSSR count). The molecule has 1 fully saturated rings. The summed E-state index contributed by atoms with van der Waals surface area (Å²) >= 11 is 0. The molecule has 5 aromatic rings. The van der Waals surface area contributed by atoms with Crippen molar-refractivity contribution in [3.8, 4) is 22.6 Å². The van der Waals surface area contributed by atoms with E-state index < -0.39 is 5.91 Å². The number of aromatic nitrogens is 5. The number of phenols is 2. The molecule has 13 nitrogen and oxygen atoms in total. The van der Waals surface area contributed by atoms with Gasteiger partial charge in [-0.05, 0) is 65.6 Å². The summed E-state index contributed by atoms with van der Waals surface area (Å²) in [5, 5.41) is 30.5. The normalized spacial score (nSPS) is 14.9. The monoisotopic (exact) mass is 623 g/mol. The van der Waals surface area contributed by atoms with Gasteiger partial charge in [0, 0.05) is 67.9 Å². The van der Waals surface area contributed by atoms with Gasteiger partial charge in [-0.15, -0.1) is 0 Å². The Labute approximate surface area is 265 Å². The lowest BCUT2D eigenvalue weighted by molar-refractivity contribution is -0.118. The first-order valence-electron chi connectivity index (χ1n) is 15.1. The summed E-state index contributed by atoms with van der Waals surface area (Å²) in [4.78, 5) is 30.6. The van der Waals surface area contributed by atoms with Crippen LogP contribution in [0.25, 0.3) is 11.1 Å². The van der Waals surface area contributed by atoms with Crippen molar-refractivity contribution in [1.82, 2.24) is 24.4 Å². The van der Waals surface area contributed by atoms with E-state index in [1.54, 1.807) is 43.0 Å². The van der Waals surface area contributed by atoms with Gasteiger partial charge in [-0.3, -0.25) is 19.4 Å². The van der Waals surface area contributed by atoms with Crippen LogP contribution in [0.2, 0.25) is 0 Å². The average Bonchev–Trinajstić information content (AvgIpc) is 3.81. The molecule has 7 N–H and O–H groups in total. The molecule has 0 aliphatic carbocycles. The number of carbonyl (C=O) groups is 2. The number of hydrogen-bond donors (Lipinski definition) is 5. The van der Waals surface area contributed by atoms with Crippen molar-refractivity contribution < 1.29 is 19.8 Å². The van der Waals surface area contributed by atoms with E-state index >= 15 is 0 Å². The average molecular weight is 624 g/mol. The quantitative estimate of drug-likeness (QED) is 0.140. The van der Waals surface area contributed by atoms with Crippen LogP contribution in [-0.2, 0) is 29.0 Å². The Morgan fingerprint density at radius 1 is 0.978 bits per heavy atom. The molecule has 1 atom stereocenters. The van der Waals surface area contributed by atoms with Crippen molar-refractivity contribution in [1.29, 1.82) is 0 Å². The molecule has 3 aromatic heterocycles. The molecule has 238 valence electrons. The molecule has 0 saturated carbocycles. The number of amides is 2. The van der Waals surface area contributed by atoms with Crippen LogP contribution in [0.4, 0.5) is 5.69 Å². The summed E-state index contributed by atoms with van der Waals surface area (Å²) < 4.78 is 3.92. The van der Waals surface area contributed by atoms with E-state index in [0.717, 1.165) is 33.6 Å². The molecule has 1 aliphatic rings. The Hall–Kier alpha value is -5.72. The molecule has 2 aromatic carbocycles. The van der Waals surface area contributed by atoms with Gasteiger partial charge in [-0.1, -0.05) is 0 Å². The number of rotatable bonds is 12. The second-order valence-corrected chi connectivity index (χ2v) is 11.6. The van der Waals surface area contributed by atoms with Crippen LogP contribution in [0.3, 0.4) is 0 Å². The number of anilines is 1. The Kier molecular flexibility index (Phi) is 8.63. The predicted molar refractivity (Wildman–Crippen MR) is 173 cm³/mol. The molecule has 46 heavy (non-hydrogen) atoms. The maximum absolute atomic E-state index is 12.0. The topological polar surface area (TPSA) is 185 Å². The number of piperazine rings is 1. The molecular formula is C33H37N9O4. The number of H-pyrrole nitrogens is 1. The molecule has 0 spiro atoms. The first-order valence-corrected chi connectivity index (χ1v) is 15.1. The van der Waals surface area contributed by atoms with E-state index in [4.69, 9.17) is 11.5 Å². The van der Waals surface area contributed by atoms with Gasteiger partial charge in [0.2, 0.25) is 11.8 Å². The third-order valence-electron chi connectivity index (χ3n) is 8.33. The lowest BCUT2D eigenvalue weighted by Crippen LogP contribution is -2.57. The predicted octanol–water partition coefficient (Wildman–Crippen LogP) is 2.25. The molecule has 13 heteroatoms. The van der Waals surface area contributed by atoms with Gasteiger partial charge in [0.15, 0.2) is 0 Å². The number of nitrogens with zero attached hydrogens (tertiary/aromatic N) is 6. The van der Waals surface area contributed by atoms with Gasteiger partial charge in [-0.25, -0.2) is 4.98 Å². The second-order valence-electron chi connectivity index (χ2n) is 11.6. The Morgan fingerprint density at radius 3 is 2.54 bits per heavy atom. The smallest absolute Gasteiger partial charge is 0.223 e. The minimum absolute atomic E-state index is 0.0165. The van der Waals surface area contributed by atoms with Crippen LogP contribution in [-0.4, -0.2) is 72.1 Å². The summed E-state index contributed by atoms with van der Waals surface area (Å²) in [6.07, 6.45) is 10.4. The highest BCUT2D eigenvalue weighted by Gasteiger charge is 2.30. The number of carbonyl (C=O) groups excluding carboxylic acids is 2. The fourth-order valence-electron chi connectivity index (χ4n) is 6.22. The Bertz CT molecular complexity index is 1810. The van der Waals surface area contributed by atoms with E-state index in [-0.39, 0.29) is 36.3 Å². The van der Waals surface area contributed by atoms with Gasteiger partial charge >= 0.3 is 0 Å². The lowest BCUT2D eigenvalue weighted by Gasteiger charge is -2.44. The van der Waals surface area contributed by atoms with Gasteiger partial charge < -0.3 is 36.2 Å². The number of nitrogens with one attached hydrogen (secondary N) is 1. The Morgan fingerprint density at radius 2 is 1.80 bits per heavy atom. The van der Waals surface area contributed by atoms with Crippen molar-refractivity contribution >= 4 is 17.5 Å². The maximum atomic E-state index is 12.0. The van der Waals surface area contributed by atoms with Gasteiger partial charge in [-0.2, -0.15) is 5.10 Å². The van der Waals surface area contributed by atoms with Crippen molar-refractivity contribution in [3.05, 3.63) is 102 Å². The van der Waals surface area contributed by atoms with Crippen molar-refractivity contribution in [3.63, 3.8) is 0 Å². The highest BCUT2D eigenvalue weighted by molar-refractivity contribution is 5.81. The minimum atomic E-state index is -0.469. The van der Waals surface area contributed by atoms with Crippen molar-refractivity contribution in [2.24, 2.45) is 11.5 Å². The number of imidazole rings is 1. The molecule has 2 amide bonds. The highest BCUT2D eigenvalue weighted by Crippen LogP contribution is 2.38. The van der Waals surface area contributed by atoms with Gasteiger partial charge in [0.25, 0.3) is 0 Å². The zero-order chi connectivity index (χ0) is 32.2. The third-order valence-corrected chi connectivity index (χ3v) is 8.33. The molecule has 1 saturated heterocycles. The number of aromatic amines is 1. The van der Waals surface area contributed by atoms with Crippen LogP contribution in [0.1, 0.15) is 35.4 Å². The van der Waals surface area contributed by atoms with Crippen LogP contribution >= 0.6 is 0 Å². The molecule has 0 radical (unpaired) electrons. The first kappa shape index (κ1) is 30.3. The van der Waals surface area contributed by atoms with E-state index in [1.807, 2.05) is 45.9 Å². The summed E-state index contributed by atoms with van der Waals surface area (Å²) in [5.74, 6) is -0.650. The summed E-state index contributed by atoms with van der Waals surface area (Å²) in [5.41, 5.74) is 16.7. The number of primary amides is 2. The number of phenolic OH excluding ortho intramolecular Hbond substituents is 2. The van der Waals surface area contributed by atoms with E-state index in [1.165, 1.54) is 0 Å². The summed E-state index contributed by atoms with van der Waals surface area (Å²) in [7, 11) is 0. The highest BCUT2D eigenvalue weighted by atomic mass is 16.3. The minimum Gasteiger partial charge on any atom is -0.508 e. The maximum Gasteiger partial charge on any atom is 0.223 e. The van der Waals surface area contributed by atoms with E-state index in [2.05, 4.69) is 25.1 Å². The SMILES string of the molecule is NC(=O)CCC1CN(n2cccc2)CCN1c1cc(O)ccc1-c1cc(O)cc(Cn2cnc(Cc3cn[nH]c3)c2CC(N)=O)c1. The number of benzene rings is 2. The molecule has 1 aliphatic heterocycles. The molecule has 4 heterocycles. The van der Waals surface area contributed by atoms with E-state index in [0.29, 0.717) is 44.7 Å². The third kappa shape index (κ3) is 6.83. The second kappa shape index (κ2) is 13.1. The zero-order valence-corrected chi connectivity index (χ0v) is 25.3.